The Morgan fingerprint density at radius 1 is 0.919 bits per heavy atom. The molecule has 6 rings (SSSR count). The Hall–Kier alpha value is -3.55. The smallest absolute Gasteiger partial charge is 0.272 e. The van der Waals surface area contributed by atoms with E-state index in [0.29, 0.717) is 5.39 Å². The van der Waals surface area contributed by atoms with E-state index in [4.69, 9.17) is 0 Å². The SMILES string of the molecule is CC.CN1CCN(Cc2ccc(C3Nc4cccc5c(=O)[nH]nc(c45)C3c3ccc(F)cc3)cc2)CC1. The average molecular weight is 500 g/mol. The maximum Gasteiger partial charge on any atom is 0.272 e. The number of halogens is 1. The van der Waals surface area contributed by atoms with E-state index in [1.165, 1.54) is 17.7 Å². The molecule has 2 aliphatic rings. The van der Waals surface area contributed by atoms with Crippen molar-refractivity contribution in [1.82, 2.24) is 20.0 Å². The number of rotatable bonds is 4. The number of H-pyrrole nitrogens is 1. The summed E-state index contributed by atoms with van der Waals surface area (Å²) in [5.41, 5.74) is 4.83. The van der Waals surface area contributed by atoms with Crippen LogP contribution >= 0.6 is 0 Å². The minimum atomic E-state index is -0.276. The number of likely N-dealkylation sites (N-methyl/N-ethyl adjacent to an activating group) is 1. The third-order valence-electron chi connectivity index (χ3n) is 7.35. The van der Waals surface area contributed by atoms with Crippen LogP contribution in [0.25, 0.3) is 10.8 Å². The number of aromatic nitrogens is 2. The topological polar surface area (TPSA) is 64.3 Å². The van der Waals surface area contributed by atoms with Gasteiger partial charge in [-0.15, -0.1) is 0 Å². The van der Waals surface area contributed by atoms with Gasteiger partial charge in [-0.3, -0.25) is 9.69 Å². The highest BCUT2D eigenvalue weighted by Crippen LogP contribution is 2.46. The molecule has 3 aromatic carbocycles. The Morgan fingerprint density at radius 3 is 2.30 bits per heavy atom. The van der Waals surface area contributed by atoms with E-state index in [2.05, 4.69) is 56.6 Å². The van der Waals surface area contributed by atoms with Crippen molar-refractivity contribution in [3.8, 4) is 0 Å². The number of nitrogens with one attached hydrogen (secondary N) is 2. The van der Waals surface area contributed by atoms with Crippen LogP contribution < -0.4 is 10.9 Å². The molecule has 1 aromatic heterocycles. The van der Waals surface area contributed by atoms with Gasteiger partial charge in [-0.05, 0) is 48.0 Å². The van der Waals surface area contributed by atoms with E-state index in [-0.39, 0.29) is 23.3 Å². The Morgan fingerprint density at radius 2 is 1.59 bits per heavy atom. The maximum atomic E-state index is 13.8. The number of benzene rings is 3. The predicted octanol–water partition coefficient (Wildman–Crippen LogP) is 5.13. The van der Waals surface area contributed by atoms with Crippen molar-refractivity contribution >= 4 is 16.5 Å². The fraction of sp³-hybridized carbons (Fsp3) is 0.333. The molecule has 2 N–H and O–H groups in total. The van der Waals surface area contributed by atoms with Crippen LogP contribution in [0.3, 0.4) is 0 Å². The lowest BCUT2D eigenvalue weighted by atomic mass is 9.80. The van der Waals surface area contributed by atoms with Gasteiger partial charge >= 0.3 is 0 Å². The first kappa shape index (κ1) is 25.1. The van der Waals surface area contributed by atoms with Gasteiger partial charge in [-0.25, -0.2) is 9.49 Å². The van der Waals surface area contributed by atoms with Gasteiger partial charge in [0.05, 0.1) is 23.0 Å². The average Bonchev–Trinajstić information content (AvgIpc) is 2.94. The molecule has 1 saturated heterocycles. The lowest BCUT2D eigenvalue weighted by Crippen LogP contribution is -2.43. The van der Waals surface area contributed by atoms with Crippen molar-refractivity contribution in [2.24, 2.45) is 0 Å². The largest absolute Gasteiger partial charge is 0.377 e. The molecule has 0 spiro atoms. The van der Waals surface area contributed by atoms with Crippen LogP contribution in [0.15, 0.2) is 71.5 Å². The predicted molar refractivity (Wildman–Crippen MR) is 148 cm³/mol. The molecule has 2 atom stereocenters. The highest BCUT2D eigenvalue weighted by molar-refractivity contribution is 5.97. The molecular weight excluding hydrogens is 465 g/mol. The van der Waals surface area contributed by atoms with Gasteiger partial charge in [0.2, 0.25) is 0 Å². The number of piperazine rings is 1. The zero-order valence-electron chi connectivity index (χ0n) is 21.7. The molecule has 192 valence electrons. The maximum absolute atomic E-state index is 13.8. The first-order chi connectivity index (χ1) is 18.1. The van der Waals surface area contributed by atoms with E-state index in [1.807, 2.05) is 44.2 Å². The Labute approximate surface area is 217 Å². The Bertz CT molecular complexity index is 1410. The summed E-state index contributed by atoms with van der Waals surface area (Å²) in [7, 11) is 2.17. The van der Waals surface area contributed by atoms with E-state index >= 15 is 0 Å². The molecule has 1 fully saturated rings. The fourth-order valence-electron chi connectivity index (χ4n) is 5.39. The molecule has 3 heterocycles. The second-order valence-electron chi connectivity index (χ2n) is 9.64. The number of anilines is 1. The van der Waals surface area contributed by atoms with E-state index in [0.717, 1.165) is 60.6 Å². The quantitative estimate of drug-likeness (QED) is 0.407. The molecule has 0 bridgehead atoms. The molecule has 2 unspecified atom stereocenters. The molecule has 4 aromatic rings. The number of aromatic amines is 1. The lowest BCUT2D eigenvalue weighted by molar-refractivity contribution is 0.148. The molecule has 2 aliphatic heterocycles. The van der Waals surface area contributed by atoms with Crippen molar-refractivity contribution in [2.45, 2.75) is 32.4 Å². The minimum absolute atomic E-state index is 0.116. The van der Waals surface area contributed by atoms with Gasteiger partial charge in [-0.2, -0.15) is 5.10 Å². The highest BCUT2D eigenvalue weighted by atomic mass is 19.1. The molecule has 0 saturated carbocycles. The highest BCUT2D eigenvalue weighted by Gasteiger charge is 2.34. The Kier molecular flexibility index (Phi) is 7.35. The van der Waals surface area contributed by atoms with Gasteiger partial charge in [0.1, 0.15) is 5.82 Å². The van der Waals surface area contributed by atoms with Crippen molar-refractivity contribution < 1.29 is 4.39 Å². The van der Waals surface area contributed by atoms with Crippen LogP contribution in [0.4, 0.5) is 10.1 Å². The van der Waals surface area contributed by atoms with E-state index in [1.54, 1.807) is 0 Å². The monoisotopic (exact) mass is 499 g/mol. The molecule has 0 radical (unpaired) electrons. The normalized spacial score (nSPS) is 19.7. The summed E-state index contributed by atoms with van der Waals surface area (Å²) in [4.78, 5) is 17.3. The van der Waals surface area contributed by atoms with E-state index in [9.17, 15) is 9.18 Å². The summed E-state index contributed by atoms with van der Waals surface area (Å²) in [6.07, 6.45) is 0. The van der Waals surface area contributed by atoms with Crippen LogP contribution in [0.5, 0.6) is 0 Å². The lowest BCUT2D eigenvalue weighted by Gasteiger charge is -2.35. The standard InChI is InChI=1S/C28H28FN5O.C2H6/c1-33-13-15-34(16-14-33)17-18-5-7-20(8-6-18)26-24(19-9-11-21(29)12-10-19)27-25-22(28(35)32-31-27)3-2-4-23(25)30-26;1-2/h2-12,24,26,30H,13-17H2,1H3,(H,32,35);1-2H3. The molecular formula is C30H34FN5O. The number of hydrogen-bond acceptors (Lipinski definition) is 5. The summed E-state index contributed by atoms with van der Waals surface area (Å²) in [5.74, 6) is -0.462. The van der Waals surface area contributed by atoms with Crippen molar-refractivity contribution in [3.05, 3.63) is 105 Å². The van der Waals surface area contributed by atoms with Crippen molar-refractivity contribution in [3.63, 3.8) is 0 Å². The van der Waals surface area contributed by atoms with Crippen LogP contribution in [0, 0.1) is 5.82 Å². The Balaban J connectivity index is 0.00000137. The number of nitrogens with zero attached hydrogens (tertiary/aromatic N) is 3. The van der Waals surface area contributed by atoms with Crippen LogP contribution in [-0.2, 0) is 6.54 Å². The van der Waals surface area contributed by atoms with Gasteiger partial charge in [0.25, 0.3) is 5.56 Å². The zero-order valence-corrected chi connectivity index (χ0v) is 21.7. The van der Waals surface area contributed by atoms with Gasteiger partial charge in [-0.1, -0.05) is 56.3 Å². The summed E-state index contributed by atoms with van der Waals surface area (Å²) < 4.78 is 13.8. The van der Waals surface area contributed by atoms with Crippen LogP contribution in [0.2, 0.25) is 0 Å². The van der Waals surface area contributed by atoms with E-state index < -0.39 is 0 Å². The molecule has 37 heavy (non-hydrogen) atoms. The molecule has 0 aliphatic carbocycles. The molecule has 0 amide bonds. The van der Waals surface area contributed by atoms with Crippen LogP contribution in [0.1, 0.15) is 48.2 Å². The second kappa shape index (κ2) is 10.8. The zero-order chi connectivity index (χ0) is 25.9. The van der Waals surface area contributed by atoms with Crippen LogP contribution in [-0.4, -0.2) is 53.2 Å². The van der Waals surface area contributed by atoms with Crippen molar-refractivity contribution in [1.29, 1.82) is 0 Å². The first-order valence-electron chi connectivity index (χ1n) is 13.1. The molecule has 7 heteroatoms. The van der Waals surface area contributed by atoms with Gasteiger partial charge in [0, 0.05) is 43.8 Å². The first-order valence-corrected chi connectivity index (χ1v) is 13.1. The third kappa shape index (κ3) is 5.02. The summed E-state index contributed by atoms with van der Waals surface area (Å²) >= 11 is 0. The van der Waals surface area contributed by atoms with Gasteiger partial charge in [0.15, 0.2) is 0 Å². The summed E-state index contributed by atoms with van der Waals surface area (Å²) in [5, 5.41) is 12.3. The summed E-state index contributed by atoms with van der Waals surface area (Å²) in [6, 6.07) is 20.9. The van der Waals surface area contributed by atoms with Crippen molar-refractivity contribution in [2.75, 3.05) is 38.5 Å². The number of hydrogen-bond donors (Lipinski definition) is 2. The third-order valence-corrected chi connectivity index (χ3v) is 7.35. The minimum Gasteiger partial charge on any atom is -0.377 e. The second-order valence-corrected chi connectivity index (χ2v) is 9.64. The summed E-state index contributed by atoms with van der Waals surface area (Å²) in [6.45, 7) is 9.31. The fourth-order valence-corrected chi connectivity index (χ4v) is 5.39. The molecule has 6 nitrogen and oxygen atoms in total. The van der Waals surface area contributed by atoms with Gasteiger partial charge < -0.3 is 10.2 Å².